The molecule has 0 spiro atoms. The maximum absolute atomic E-state index is 10.7. The van der Waals surface area contributed by atoms with Gasteiger partial charge < -0.3 is 15.6 Å². The summed E-state index contributed by atoms with van der Waals surface area (Å²) in [6, 6.07) is 5.61. The van der Waals surface area contributed by atoms with Gasteiger partial charge in [-0.15, -0.1) is 0 Å². The van der Waals surface area contributed by atoms with E-state index in [1.165, 1.54) is 0 Å². The van der Waals surface area contributed by atoms with Gasteiger partial charge in [0.25, 0.3) is 0 Å². The van der Waals surface area contributed by atoms with Gasteiger partial charge in [-0.2, -0.15) is 5.26 Å². The minimum Gasteiger partial charge on any atom is -0.444 e. The zero-order valence-electron chi connectivity index (χ0n) is 10.4. The molecule has 5 heteroatoms. The van der Waals surface area contributed by atoms with Gasteiger partial charge in [0.2, 0.25) is 0 Å². The normalized spacial score (nSPS) is 11.7. The first-order valence-corrected chi connectivity index (χ1v) is 5.55. The van der Waals surface area contributed by atoms with Crippen molar-refractivity contribution in [2.75, 3.05) is 6.61 Å². The average molecular weight is 248 g/mol. The van der Waals surface area contributed by atoms with Crippen molar-refractivity contribution in [3.8, 4) is 6.07 Å². The number of carbonyl (C=O) groups excluding carboxylic acids is 1. The minimum absolute atomic E-state index is 0.290. The summed E-state index contributed by atoms with van der Waals surface area (Å²) < 4.78 is 4.79. The lowest BCUT2D eigenvalue weighted by Crippen LogP contribution is -2.28. The molecule has 1 atom stereocenters. The Bertz CT molecular complexity index is 468. The van der Waals surface area contributed by atoms with Crippen molar-refractivity contribution in [1.29, 1.82) is 5.26 Å². The molecule has 0 aromatic heterocycles. The number of carbonyl (C=O) groups is 1. The molecule has 3 N–H and O–H groups in total. The van der Waals surface area contributed by atoms with Crippen LogP contribution >= 0.6 is 0 Å². The number of hydrogen-bond donors (Lipinski definition) is 2. The van der Waals surface area contributed by atoms with Gasteiger partial charge in [-0.25, -0.2) is 4.79 Å². The standard InChI is InChI=1S/C13H16N2O3/c1-8-3-10(6-14)4-9(2)12(8)5-11(7-16)18-13(15)17/h3-4,11,16H,5,7H2,1-2H3,(H2,15,17)/t11-/m0/s1. The molecule has 1 aromatic carbocycles. The monoisotopic (exact) mass is 248 g/mol. The minimum atomic E-state index is -0.905. The predicted molar refractivity (Wildman–Crippen MR) is 65.9 cm³/mol. The maximum Gasteiger partial charge on any atom is 0.404 e. The summed E-state index contributed by atoms with van der Waals surface area (Å²) in [5.74, 6) is 0. The molecule has 0 unspecified atom stereocenters. The highest BCUT2D eigenvalue weighted by Gasteiger charge is 2.15. The summed E-state index contributed by atoms with van der Waals surface area (Å²) in [7, 11) is 0. The third-order valence-corrected chi connectivity index (χ3v) is 2.74. The number of aliphatic hydroxyl groups is 1. The van der Waals surface area contributed by atoms with Crippen LogP contribution in [0.4, 0.5) is 4.79 Å². The van der Waals surface area contributed by atoms with Crippen molar-refractivity contribution in [2.24, 2.45) is 5.73 Å². The van der Waals surface area contributed by atoms with Crippen LogP contribution in [-0.4, -0.2) is 23.9 Å². The fourth-order valence-corrected chi connectivity index (χ4v) is 1.92. The number of ether oxygens (including phenoxy) is 1. The number of hydrogen-bond acceptors (Lipinski definition) is 4. The van der Waals surface area contributed by atoms with Crippen LogP contribution in [0.3, 0.4) is 0 Å². The van der Waals surface area contributed by atoms with E-state index in [1.807, 2.05) is 13.8 Å². The van der Waals surface area contributed by atoms with E-state index in [-0.39, 0.29) is 6.61 Å². The molecular weight excluding hydrogens is 232 g/mol. The summed E-state index contributed by atoms with van der Waals surface area (Å²) >= 11 is 0. The molecule has 0 aliphatic heterocycles. The highest BCUT2D eigenvalue weighted by atomic mass is 16.6. The van der Waals surface area contributed by atoms with Crippen LogP contribution in [0.25, 0.3) is 0 Å². The number of amides is 1. The number of rotatable bonds is 4. The third-order valence-electron chi connectivity index (χ3n) is 2.74. The van der Waals surface area contributed by atoms with Gasteiger partial charge in [-0.05, 0) is 42.7 Å². The first-order chi connectivity index (χ1) is 8.47. The lowest BCUT2D eigenvalue weighted by molar-refractivity contribution is 0.0637. The molecule has 0 heterocycles. The lowest BCUT2D eigenvalue weighted by Gasteiger charge is -2.17. The van der Waals surface area contributed by atoms with Gasteiger partial charge in [0, 0.05) is 6.42 Å². The Morgan fingerprint density at radius 3 is 2.44 bits per heavy atom. The number of nitrogens with two attached hydrogens (primary N) is 1. The Morgan fingerprint density at radius 2 is 2.06 bits per heavy atom. The van der Waals surface area contributed by atoms with E-state index in [2.05, 4.69) is 6.07 Å². The number of nitrogens with zero attached hydrogens (tertiary/aromatic N) is 1. The second-order valence-corrected chi connectivity index (χ2v) is 4.15. The molecule has 0 aliphatic rings. The Hall–Kier alpha value is -2.06. The van der Waals surface area contributed by atoms with E-state index < -0.39 is 12.2 Å². The Balaban J connectivity index is 2.96. The van der Waals surface area contributed by atoms with E-state index in [9.17, 15) is 4.79 Å². The average Bonchev–Trinajstić information content (AvgIpc) is 2.31. The second-order valence-electron chi connectivity index (χ2n) is 4.15. The smallest absolute Gasteiger partial charge is 0.404 e. The largest absolute Gasteiger partial charge is 0.444 e. The Morgan fingerprint density at radius 1 is 1.50 bits per heavy atom. The van der Waals surface area contributed by atoms with Gasteiger partial charge in [0.05, 0.1) is 18.2 Å². The molecule has 0 radical (unpaired) electrons. The van der Waals surface area contributed by atoms with E-state index in [0.29, 0.717) is 12.0 Å². The predicted octanol–water partition coefficient (Wildman–Crippen LogP) is 1.17. The SMILES string of the molecule is Cc1cc(C#N)cc(C)c1C[C@@H](CO)OC(N)=O. The first kappa shape index (κ1) is 14.0. The maximum atomic E-state index is 10.7. The number of aliphatic hydroxyl groups excluding tert-OH is 1. The molecule has 1 aromatic rings. The second kappa shape index (κ2) is 6.03. The topological polar surface area (TPSA) is 96.3 Å². The number of nitriles is 1. The summed E-state index contributed by atoms with van der Waals surface area (Å²) in [6.45, 7) is 3.46. The summed E-state index contributed by atoms with van der Waals surface area (Å²) in [5, 5.41) is 18.0. The fourth-order valence-electron chi connectivity index (χ4n) is 1.92. The van der Waals surface area contributed by atoms with Crippen molar-refractivity contribution in [3.05, 3.63) is 34.4 Å². The van der Waals surface area contributed by atoms with E-state index in [0.717, 1.165) is 16.7 Å². The zero-order valence-corrected chi connectivity index (χ0v) is 10.4. The lowest BCUT2D eigenvalue weighted by atomic mass is 9.95. The number of aryl methyl sites for hydroxylation is 2. The summed E-state index contributed by atoms with van der Waals surface area (Å²) in [5.41, 5.74) is 8.33. The van der Waals surface area contributed by atoms with E-state index >= 15 is 0 Å². The van der Waals surface area contributed by atoms with Crippen molar-refractivity contribution in [2.45, 2.75) is 26.4 Å². The molecule has 1 amide bonds. The highest BCUT2D eigenvalue weighted by molar-refractivity contribution is 5.64. The van der Waals surface area contributed by atoms with E-state index in [4.69, 9.17) is 20.8 Å². The molecule has 0 fully saturated rings. The van der Waals surface area contributed by atoms with Gasteiger partial charge in [0.1, 0.15) is 6.10 Å². The summed E-state index contributed by atoms with van der Waals surface area (Å²) in [6.07, 6.45) is -1.19. The number of primary amides is 1. The van der Waals surface area contributed by atoms with Crippen LogP contribution in [0.5, 0.6) is 0 Å². The van der Waals surface area contributed by atoms with Crippen LogP contribution in [0.1, 0.15) is 22.3 Å². The fraction of sp³-hybridized carbons (Fsp3) is 0.385. The molecule has 5 nitrogen and oxygen atoms in total. The van der Waals surface area contributed by atoms with Crippen molar-refractivity contribution >= 4 is 6.09 Å². The van der Waals surface area contributed by atoms with Crippen LogP contribution < -0.4 is 5.73 Å². The quantitative estimate of drug-likeness (QED) is 0.836. The highest BCUT2D eigenvalue weighted by Crippen LogP contribution is 2.19. The van der Waals surface area contributed by atoms with Crippen LogP contribution in [0.15, 0.2) is 12.1 Å². The molecule has 0 aliphatic carbocycles. The van der Waals surface area contributed by atoms with Gasteiger partial charge >= 0.3 is 6.09 Å². The number of benzene rings is 1. The van der Waals surface area contributed by atoms with Gasteiger partial charge in [0.15, 0.2) is 0 Å². The van der Waals surface area contributed by atoms with Crippen molar-refractivity contribution < 1.29 is 14.6 Å². The third kappa shape index (κ3) is 3.47. The van der Waals surface area contributed by atoms with Crippen LogP contribution in [0.2, 0.25) is 0 Å². The Kier molecular flexibility index (Phi) is 4.69. The molecule has 0 saturated heterocycles. The summed E-state index contributed by atoms with van der Waals surface area (Å²) in [4.78, 5) is 10.7. The molecule has 0 bridgehead atoms. The first-order valence-electron chi connectivity index (χ1n) is 5.55. The van der Waals surface area contributed by atoms with Crippen LogP contribution in [-0.2, 0) is 11.2 Å². The van der Waals surface area contributed by atoms with Crippen molar-refractivity contribution in [3.63, 3.8) is 0 Å². The van der Waals surface area contributed by atoms with E-state index in [1.54, 1.807) is 12.1 Å². The van der Waals surface area contributed by atoms with Gasteiger partial charge in [-0.1, -0.05) is 0 Å². The molecule has 0 saturated carbocycles. The molecule has 18 heavy (non-hydrogen) atoms. The Labute approximate surface area is 106 Å². The van der Waals surface area contributed by atoms with Gasteiger partial charge in [-0.3, -0.25) is 0 Å². The molecular formula is C13H16N2O3. The molecule has 1 rings (SSSR count). The van der Waals surface area contributed by atoms with Crippen LogP contribution in [0, 0.1) is 25.2 Å². The van der Waals surface area contributed by atoms with Crippen molar-refractivity contribution in [1.82, 2.24) is 0 Å². The zero-order chi connectivity index (χ0) is 13.7. The molecule has 96 valence electrons.